The van der Waals surface area contributed by atoms with Gasteiger partial charge in [0.05, 0.1) is 0 Å². The summed E-state index contributed by atoms with van der Waals surface area (Å²) < 4.78 is 0.917. The minimum absolute atomic E-state index is 0.109. The molecule has 152 valence electrons. The van der Waals surface area contributed by atoms with E-state index in [-0.39, 0.29) is 11.8 Å². The van der Waals surface area contributed by atoms with Crippen molar-refractivity contribution < 1.29 is 9.59 Å². The van der Waals surface area contributed by atoms with Gasteiger partial charge in [-0.2, -0.15) is 0 Å². The lowest BCUT2D eigenvalue weighted by atomic mass is 10.1. The third kappa shape index (κ3) is 4.71. The Morgan fingerprint density at radius 3 is 2.17 bits per heavy atom. The van der Waals surface area contributed by atoms with Crippen molar-refractivity contribution in [1.82, 2.24) is 4.90 Å². The average Bonchev–Trinajstić information content (AvgIpc) is 3.26. The first-order chi connectivity index (χ1) is 14.6. The fraction of sp³-hybridized carbons (Fsp3) is 0.167. The first-order valence-electron chi connectivity index (χ1n) is 9.90. The zero-order chi connectivity index (χ0) is 20.9. The summed E-state index contributed by atoms with van der Waals surface area (Å²) in [6, 6.07) is 24.2. The molecule has 1 unspecified atom stereocenters. The van der Waals surface area contributed by atoms with E-state index in [1.807, 2.05) is 66.7 Å². The lowest BCUT2D eigenvalue weighted by Crippen LogP contribution is -2.43. The van der Waals surface area contributed by atoms with E-state index in [0.29, 0.717) is 24.2 Å². The standard InChI is InChI=1S/C24H22BrN3O2/c25-18-10-8-17(9-11-18)24(30)28-16-4-7-22(28)23(29)27-21-14-12-20(13-15-21)26-19-5-2-1-3-6-19/h1-3,5-6,8-15,22,26H,4,7,16H2,(H,27,29). The molecule has 3 aromatic rings. The second-order valence-corrected chi connectivity index (χ2v) is 8.14. The lowest BCUT2D eigenvalue weighted by molar-refractivity contribution is -0.119. The number of carbonyl (C=O) groups excluding carboxylic acids is 2. The van der Waals surface area contributed by atoms with Crippen molar-refractivity contribution in [3.63, 3.8) is 0 Å². The summed E-state index contributed by atoms with van der Waals surface area (Å²) in [6.07, 6.45) is 1.49. The van der Waals surface area contributed by atoms with E-state index < -0.39 is 6.04 Å². The molecule has 0 saturated carbocycles. The van der Waals surface area contributed by atoms with Gasteiger partial charge in [0.2, 0.25) is 5.91 Å². The molecule has 1 saturated heterocycles. The van der Waals surface area contributed by atoms with Crippen LogP contribution in [-0.2, 0) is 4.79 Å². The number of rotatable bonds is 5. The van der Waals surface area contributed by atoms with Crippen LogP contribution < -0.4 is 10.6 Å². The minimum Gasteiger partial charge on any atom is -0.356 e. The smallest absolute Gasteiger partial charge is 0.254 e. The normalized spacial score (nSPS) is 15.6. The van der Waals surface area contributed by atoms with Gasteiger partial charge in [-0.25, -0.2) is 0 Å². The largest absolute Gasteiger partial charge is 0.356 e. The van der Waals surface area contributed by atoms with Crippen LogP contribution in [0.15, 0.2) is 83.3 Å². The minimum atomic E-state index is -0.455. The molecule has 4 rings (SSSR count). The summed E-state index contributed by atoms with van der Waals surface area (Å²) in [7, 11) is 0. The summed E-state index contributed by atoms with van der Waals surface area (Å²) in [5.74, 6) is -0.260. The van der Waals surface area contributed by atoms with Gasteiger partial charge in [0.1, 0.15) is 6.04 Å². The van der Waals surface area contributed by atoms with Crippen LogP contribution in [0.2, 0.25) is 0 Å². The zero-order valence-corrected chi connectivity index (χ0v) is 17.9. The summed E-state index contributed by atoms with van der Waals surface area (Å²) in [6.45, 7) is 0.590. The fourth-order valence-electron chi connectivity index (χ4n) is 3.59. The number of nitrogens with one attached hydrogen (secondary N) is 2. The van der Waals surface area contributed by atoms with Crippen LogP contribution in [0.5, 0.6) is 0 Å². The van der Waals surface area contributed by atoms with Crippen molar-refractivity contribution in [3.05, 3.63) is 88.9 Å². The predicted molar refractivity (Wildman–Crippen MR) is 123 cm³/mol. The number of para-hydroxylation sites is 1. The fourth-order valence-corrected chi connectivity index (χ4v) is 3.86. The van der Waals surface area contributed by atoms with E-state index in [9.17, 15) is 9.59 Å². The van der Waals surface area contributed by atoms with Crippen LogP contribution in [0.4, 0.5) is 17.1 Å². The van der Waals surface area contributed by atoms with Crippen molar-refractivity contribution >= 4 is 44.8 Å². The number of nitrogens with zero attached hydrogens (tertiary/aromatic N) is 1. The first-order valence-corrected chi connectivity index (χ1v) is 10.7. The van der Waals surface area contributed by atoms with Crippen molar-refractivity contribution in [1.29, 1.82) is 0 Å². The van der Waals surface area contributed by atoms with Gasteiger partial charge in [0.15, 0.2) is 0 Å². The number of halogens is 1. The molecule has 3 aromatic carbocycles. The van der Waals surface area contributed by atoms with Gasteiger partial charge in [-0.15, -0.1) is 0 Å². The Morgan fingerprint density at radius 2 is 1.47 bits per heavy atom. The van der Waals surface area contributed by atoms with Crippen LogP contribution in [-0.4, -0.2) is 29.3 Å². The van der Waals surface area contributed by atoms with Crippen molar-refractivity contribution in [2.45, 2.75) is 18.9 Å². The third-order valence-corrected chi connectivity index (χ3v) is 5.65. The SMILES string of the molecule is O=C(Nc1ccc(Nc2ccccc2)cc1)C1CCCN1C(=O)c1ccc(Br)cc1. The molecule has 0 radical (unpaired) electrons. The van der Waals surface area contributed by atoms with Crippen LogP contribution >= 0.6 is 15.9 Å². The van der Waals surface area contributed by atoms with Gasteiger partial charge < -0.3 is 15.5 Å². The van der Waals surface area contributed by atoms with Crippen molar-refractivity contribution in [3.8, 4) is 0 Å². The molecule has 0 spiro atoms. The molecular weight excluding hydrogens is 442 g/mol. The number of carbonyl (C=O) groups is 2. The Balaban J connectivity index is 1.40. The summed E-state index contributed by atoms with van der Waals surface area (Å²) in [5.41, 5.74) is 3.24. The Hall–Kier alpha value is -3.12. The molecule has 1 fully saturated rings. The Labute approximate surface area is 184 Å². The van der Waals surface area contributed by atoms with Crippen LogP contribution in [0, 0.1) is 0 Å². The molecule has 1 heterocycles. The Kier molecular flexibility index (Phi) is 6.14. The quantitative estimate of drug-likeness (QED) is 0.529. The van der Waals surface area contributed by atoms with Gasteiger partial charge in [-0.1, -0.05) is 34.1 Å². The second-order valence-electron chi connectivity index (χ2n) is 7.22. The van der Waals surface area contributed by atoms with Crippen molar-refractivity contribution in [2.24, 2.45) is 0 Å². The number of benzene rings is 3. The highest BCUT2D eigenvalue weighted by atomic mass is 79.9. The lowest BCUT2D eigenvalue weighted by Gasteiger charge is -2.24. The molecule has 0 aliphatic carbocycles. The molecule has 0 aromatic heterocycles. The van der Waals surface area contributed by atoms with Crippen molar-refractivity contribution in [2.75, 3.05) is 17.2 Å². The van der Waals surface area contributed by atoms with E-state index in [4.69, 9.17) is 0 Å². The highest BCUT2D eigenvalue weighted by molar-refractivity contribution is 9.10. The second kappa shape index (κ2) is 9.13. The number of hydrogen-bond donors (Lipinski definition) is 2. The summed E-state index contributed by atoms with van der Waals surface area (Å²) >= 11 is 3.38. The number of likely N-dealkylation sites (tertiary alicyclic amines) is 1. The summed E-state index contributed by atoms with van der Waals surface area (Å²) in [4.78, 5) is 27.4. The van der Waals surface area contributed by atoms with E-state index >= 15 is 0 Å². The number of anilines is 3. The molecule has 0 bridgehead atoms. The number of amides is 2. The molecule has 1 aliphatic rings. The van der Waals surface area contributed by atoms with Gasteiger partial charge in [-0.3, -0.25) is 9.59 Å². The molecule has 2 amide bonds. The maximum absolute atomic E-state index is 12.9. The molecule has 1 atom stereocenters. The molecule has 5 nitrogen and oxygen atoms in total. The monoisotopic (exact) mass is 463 g/mol. The molecule has 6 heteroatoms. The zero-order valence-electron chi connectivity index (χ0n) is 16.3. The Bertz CT molecular complexity index is 1020. The highest BCUT2D eigenvalue weighted by Crippen LogP contribution is 2.24. The molecular formula is C24H22BrN3O2. The highest BCUT2D eigenvalue weighted by Gasteiger charge is 2.34. The molecule has 30 heavy (non-hydrogen) atoms. The summed E-state index contributed by atoms with van der Waals surface area (Å²) in [5, 5.41) is 6.27. The number of hydrogen-bond acceptors (Lipinski definition) is 3. The third-order valence-electron chi connectivity index (χ3n) is 5.12. The maximum atomic E-state index is 12.9. The molecule has 2 N–H and O–H groups in total. The van der Waals surface area contributed by atoms with Gasteiger partial charge in [-0.05, 0) is 73.5 Å². The van der Waals surface area contributed by atoms with Crippen LogP contribution in [0.25, 0.3) is 0 Å². The first kappa shape index (κ1) is 20.2. The van der Waals surface area contributed by atoms with E-state index in [2.05, 4.69) is 26.6 Å². The van der Waals surface area contributed by atoms with E-state index in [1.165, 1.54) is 0 Å². The van der Waals surface area contributed by atoms with Gasteiger partial charge >= 0.3 is 0 Å². The van der Waals surface area contributed by atoms with E-state index in [0.717, 1.165) is 22.3 Å². The van der Waals surface area contributed by atoms with Gasteiger partial charge in [0.25, 0.3) is 5.91 Å². The van der Waals surface area contributed by atoms with Crippen LogP contribution in [0.1, 0.15) is 23.2 Å². The van der Waals surface area contributed by atoms with E-state index in [1.54, 1.807) is 17.0 Å². The average molecular weight is 464 g/mol. The predicted octanol–water partition coefficient (Wildman–Crippen LogP) is 5.44. The molecule has 1 aliphatic heterocycles. The maximum Gasteiger partial charge on any atom is 0.254 e. The van der Waals surface area contributed by atoms with Crippen LogP contribution in [0.3, 0.4) is 0 Å². The van der Waals surface area contributed by atoms with Gasteiger partial charge in [0, 0.05) is 33.6 Å². The Morgan fingerprint density at radius 1 is 0.833 bits per heavy atom. The topological polar surface area (TPSA) is 61.4 Å².